The molecule has 0 radical (unpaired) electrons. The lowest BCUT2D eigenvalue weighted by molar-refractivity contribution is 0.369. The van der Waals surface area contributed by atoms with E-state index in [0.29, 0.717) is 28.4 Å². The van der Waals surface area contributed by atoms with Crippen LogP contribution in [0.4, 0.5) is 17.3 Å². The Kier molecular flexibility index (Phi) is 6.04. The minimum absolute atomic E-state index is 0.177. The Hall–Kier alpha value is -2.96. The molecule has 0 aliphatic heterocycles. The van der Waals surface area contributed by atoms with Crippen LogP contribution in [0.1, 0.15) is 32.7 Å². The molecule has 1 saturated carbocycles. The molecular weight excluding hydrogens is 460 g/mol. The van der Waals surface area contributed by atoms with Crippen LogP contribution in [-0.4, -0.2) is 49.2 Å². The fourth-order valence-corrected chi connectivity index (χ4v) is 4.78. The second-order valence-electron chi connectivity index (χ2n) is 8.03. The largest absolute Gasteiger partial charge is 0.381 e. The highest BCUT2D eigenvalue weighted by Crippen LogP contribution is 2.35. The summed E-state index contributed by atoms with van der Waals surface area (Å²) in [7, 11) is -1.57. The molecule has 1 atom stereocenters. The van der Waals surface area contributed by atoms with E-state index >= 15 is 0 Å². The number of aromatic nitrogens is 6. The summed E-state index contributed by atoms with van der Waals surface area (Å²) in [5.74, 6) is 1.38. The van der Waals surface area contributed by atoms with Gasteiger partial charge in [0.1, 0.15) is 28.6 Å². The van der Waals surface area contributed by atoms with Gasteiger partial charge < -0.3 is 19.7 Å². The van der Waals surface area contributed by atoms with Gasteiger partial charge in [-0.05, 0) is 44.7 Å². The van der Waals surface area contributed by atoms with Crippen LogP contribution in [0.3, 0.4) is 0 Å². The number of hydrogen-bond acceptors (Lipinski definition) is 8. The quantitative estimate of drug-likeness (QED) is 0.329. The average Bonchev–Trinajstić information content (AvgIpc) is 3.37. The summed E-state index contributed by atoms with van der Waals surface area (Å²) in [6.45, 7) is 4.14. The molecule has 1 fully saturated rings. The molecule has 0 amide bonds. The van der Waals surface area contributed by atoms with Gasteiger partial charge in [-0.2, -0.15) is 5.10 Å². The number of nitrogens with one attached hydrogen (secondary N) is 2. The van der Waals surface area contributed by atoms with Gasteiger partial charge in [0, 0.05) is 47.5 Å². The summed E-state index contributed by atoms with van der Waals surface area (Å²) in [6, 6.07) is 3.89. The lowest BCUT2D eigenvalue weighted by Gasteiger charge is -2.10. The zero-order chi connectivity index (χ0) is 22.9. The Morgan fingerprint density at radius 2 is 2.09 bits per heavy atom. The van der Waals surface area contributed by atoms with Crippen molar-refractivity contribution in [1.82, 2.24) is 28.7 Å². The molecule has 12 heteroatoms. The summed E-state index contributed by atoms with van der Waals surface area (Å²) < 4.78 is 18.6. The van der Waals surface area contributed by atoms with E-state index in [-0.39, 0.29) is 6.04 Å². The third-order valence-corrected chi connectivity index (χ3v) is 6.99. The van der Waals surface area contributed by atoms with E-state index in [0.717, 1.165) is 16.5 Å². The van der Waals surface area contributed by atoms with E-state index in [4.69, 9.17) is 5.11 Å². The van der Waals surface area contributed by atoms with Crippen LogP contribution in [-0.2, 0) is 11.0 Å². The zero-order valence-corrected chi connectivity index (χ0v) is 19.8. The minimum Gasteiger partial charge on any atom is -0.381 e. The maximum Gasteiger partial charge on any atom is 0.164 e. The zero-order valence-electron chi connectivity index (χ0n) is 18.2. The van der Waals surface area contributed by atoms with Gasteiger partial charge >= 0.3 is 0 Å². The van der Waals surface area contributed by atoms with E-state index in [2.05, 4.69) is 48.5 Å². The first-order valence-corrected chi connectivity index (χ1v) is 12.7. The van der Waals surface area contributed by atoms with Gasteiger partial charge in [-0.25, -0.2) is 23.2 Å². The molecule has 1 aliphatic rings. The van der Waals surface area contributed by atoms with E-state index < -0.39 is 16.9 Å². The Bertz CT molecular complexity index is 1310. The van der Waals surface area contributed by atoms with Crippen LogP contribution in [0.25, 0.3) is 22.3 Å². The molecule has 3 N–H and O–H groups in total. The maximum atomic E-state index is 11.8. The molecule has 172 valence electrons. The third kappa shape index (κ3) is 4.87. The summed E-state index contributed by atoms with van der Waals surface area (Å²) in [4.78, 5) is 13.5. The number of aliphatic hydroxyl groups excluding tert-OH is 1. The SMILES string of the molecule is CC(C)n1cc(NS(=O)CO)c2cnc(Nc3ccnc(-c4cnn(SC5CC5)c4)n3)cc21. The van der Waals surface area contributed by atoms with Gasteiger partial charge in [0.2, 0.25) is 0 Å². The second-order valence-corrected chi connectivity index (χ2v) is 10.4. The lowest BCUT2D eigenvalue weighted by Crippen LogP contribution is -2.07. The number of nitrogens with zero attached hydrogens (tertiary/aromatic N) is 6. The van der Waals surface area contributed by atoms with Crippen molar-refractivity contribution in [1.29, 1.82) is 0 Å². The van der Waals surface area contributed by atoms with Crippen molar-refractivity contribution in [2.45, 2.75) is 38.0 Å². The van der Waals surface area contributed by atoms with Crippen molar-refractivity contribution >= 4 is 51.2 Å². The van der Waals surface area contributed by atoms with Crippen LogP contribution < -0.4 is 10.0 Å². The third-order valence-electron chi connectivity index (χ3n) is 5.13. The molecule has 10 nitrogen and oxygen atoms in total. The molecule has 4 aromatic rings. The summed E-state index contributed by atoms with van der Waals surface area (Å²) in [5, 5.41) is 18.3. The first-order valence-electron chi connectivity index (χ1n) is 10.6. The van der Waals surface area contributed by atoms with E-state index in [1.165, 1.54) is 12.8 Å². The highest BCUT2D eigenvalue weighted by molar-refractivity contribution is 7.98. The first kappa shape index (κ1) is 21.9. The van der Waals surface area contributed by atoms with Crippen molar-refractivity contribution in [2.24, 2.45) is 0 Å². The van der Waals surface area contributed by atoms with Gasteiger partial charge in [-0.15, -0.1) is 0 Å². The van der Waals surface area contributed by atoms with Crippen molar-refractivity contribution in [2.75, 3.05) is 16.0 Å². The van der Waals surface area contributed by atoms with Crippen LogP contribution in [0, 0.1) is 0 Å². The molecule has 4 aromatic heterocycles. The molecule has 0 aromatic carbocycles. The van der Waals surface area contributed by atoms with E-state index in [1.807, 2.05) is 22.5 Å². The molecule has 0 spiro atoms. The normalized spacial score (nSPS) is 14.7. The second kappa shape index (κ2) is 9.12. The highest BCUT2D eigenvalue weighted by Gasteiger charge is 2.23. The Labute approximate surface area is 197 Å². The Morgan fingerprint density at radius 3 is 2.85 bits per heavy atom. The van der Waals surface area contributed by atoms with Crippen LogP contribution in [0.2, 0.25) is 0 Å². The molecule has 5 rings (SSSR count). The molecular formula is C21H24N8O2S2. The topological polar surface area (TPSA) is 123 Å². The Balaban J connectivity index is 1.40. The molecule has 4 heterocycles. The van der Waals surface area contributed by atoms with Crippen LogP contribution >= 0.6 is 11.9 Å². The van der Waals surface area contributed by atoms with Gasteiger partial charge in [0.05, 0.1) is 23.0 Å². The highest BCUT2D eigenvalue weighted by atomic mass is 32.2. The van der Waals surface area contributed by atoms with Crippen LogP contribution in [0.5, 0.6) is 0 Å². The van der Waals surface area contributed by atoms with Crippen molar-refractivity contribution in [3.05, 3.63) is 43.1 Å². The van der Waals surface area contributed by atoms with Crippen molar-refractivity contribution in [3.8, 4) is 11.4 Å². The molecule has 33 heavy (non-hydrogen) atoms. The molecule has 1 unspecified atom stereocenters. The first-order chi connectivity index (χ1) is 16.0. The average molecular weight is 485 g/mol. The van der Waals surface area contributed by atoms with Crippen molar-refractivity contribution < 1.29 is 9.32 Å². The number of hydrogen-bond donors (Lipinski definition) is 3. The summed E-state index contributed by atoms with van der Waals surface area (Å²) in [6.07, 6.45) is 11.5. The summed E-state index contributed by atoms with van der Waals surface area (Å²) >= 11 is 1.73. The maximum absolute atomic E-state index is 11.8. The number of pyridine rings is 1. The minimum atomic E-state index is -1.57. The van der Waals surface area contributed by atoms with E-state index in [9.17, 15) is 4.21 Å². The molecule has 0 bridgehead atoms. The van der Waals surface area contributed by atoms with Gasteiger partial charge in [0.15, 0.2) is 5.82 Å². The standard InChI is InChI=1S/C21H24N8O2S2/c1-13(2)28-11-17(27-33(31)12-30)16-9-23-20(7-18(16)28)25-19-5-6-22-21(26-19)14-8-24-29(10-14)32-15-3-4-15/h5-11,13,15,27,30H,3-4,12H2,1-2H3,(H,22,23,25,26). The smallest absolute Gasteiger partial charge is 0.164 e. The molecule has 1 aliphatic carbocycles. The summed E-state index contributed by atoms with van der Waals surface area (Å²) in [5.41, 5.74) is 2.44. The Morgan fingerprint density at radius 1 is 1.24 bits per heavy atom. The number of rotatable bonds is 9. The monoisotopic (exact) mass is 484 g/mol. The number of fused-ring (bicyclic) bond motifs is 1. The number of aliphatic hydroxyl groups is 1. The predicted octanol–water partition coefficient (Wildman–Crippen LogP) is 3.70. The fraction of sp³-hybridized carbons (Fsp3) is 0.333. The van der Waals surface area contributed by atoms with E-state index in [1.54, 1.807) is 36.6 Å². The van der Waals surface area contributed by atoms with Gasteiger partial charge in [0.25, 0.3) is 0 Å². The van der Waals surface area contributed by atoms with Gasteiger partial charge in [-0.3, -0.25) is 0 Å². The predicted molar refractivity (Wildman–Crippen MR) is 132 cm³/mol. The lowest BCUT2D eigenvalue weighted by atomic mass is 10.3. The van der Waals surface area contributed by atoms with Gasteiger partial charge in [-0.1, -0.05) is 0 Å². The number of anilines is 3. The molecule has 0 saturated heterocycles. The fourth-order valence-electron chi connectivity index (χ4n) is 3.38. The van der Waals surface area contributed by atoms with Crippen molar-refractivity contribution in [3.63, 3.8) is 0 Å². The van der Waals surface area contributed by atoms with Crippen LogP contribution in [0.15, 0.2) is 43.1 Å².